The van der Waals surface area contributed by atoms with Crippen molar-refractivity contribution in [3.05, 3.63) is 11.1 Å². The summed E-state index contributed by atoms with van der Waals surface area (Å²) in [7, 11) is 0. The third kappa shape index (κ3) is 1.70. The molecule has 0 N–H and O–H groups in total. The number of Topliss-reactive ketones (excluding diaryl/α,β-unsaturated/α-hetero) is 1. The number of allylic oxidation sites excluding steroid dienone is 2. The minimum Gasteiger partial charge on any atom is -0.295 e. The van der Waals surface area contributed by atoms with Crippen LogP contribution in [0.3, 0.4) is 0 Å². The maximum atomic E-state index is 11.7. The van der Waals surface area contributed by atoms with Gasteiger partial charge < -0.3 is 0 Å². The molecular weight excluding hydrogens is 160 g/mol. The third-order valence-corrected chi connectivity index (χ3v) is 3.48. The van der Waals surface area contributed by atoms with Gasteiger partial charge in [0.25, 0.3) is 0 Å². The standard InChI is InChI=1S/C12H18O/c1-9-5-4-7-10(9)11-6-2-3-8-12(11)13/h9H,2-8H2,1H3. The maximum Gasteiger partial charge on any atom is 0.158 e. The van der Waals surface area contributed by atoms with E-state index in [0.717, 1.165) is 19.3 Å². The van der Waals surface area contributed by atoms with Gasteiger partial charge in [-0.1, -0.05) is 12.5 Å². The lowest BCUT2D eigenvalue weighted by Crippen LogP contribution is -2.12. The molecule has 2 aliphatic rings. The van der Waals surface area contributed by atoms with E-state index in [4.69, 9.17) is 0 Å². The van der Waals surface area contributed by atoms with E-state index in [1.807, 2.05) is 0 Å². The van der Waals surface area contributed by atoms with Gasteiger partial charge in [-0.05, 0) is 50.0 Å². The average molecular weight is 178 g/mol. The van der Waals surface area contributed by atoms with Gasteiger partial charge in [0.15, 0.2) is 5.78 Å². The molecule has 2 aliphatic carbocycles. The molecule has 1 unspecified atom stereocenters. The zero-order chi connectivity index (χ0) is 9.26. The van der Waals surface area contributed by atoms with E-state index in [1.54, 1.807) is 0 Å². The van der Waals surface area contributed by atoms with Gasteiger partial charge in [0.05, 0.1) is 0 Å². The van der Waals surface area contributed by atoms with Crippen LogP contribution < -0.4 is 0 Å². The fourth-order valence-electron chi connectivity index (χ4n) is 2.68. The van der Waals surface area contributed by atoms with Crippen LogP contribution in [0.1, 0.15) is 51.9 Å². The molecule has 0 aliphatic heterocycles. The predicted octanol–water partition coefficient (Wildman–Crippen LogP) is 3.25. The molecule has 1 atom stereocenters. The Morgan fingerprint density at radius 1 is 1.08 bits per heavy atom. The molecule has 0 aromatic heterocycles. The summed E-state index contributed by atoms with van der Waals surface area (Å²) in [6, 6.07) is 0. The van der Waals surface area contributed by atoms with Gasteiger partial charge in [0.2, 0.25) is 0 Å². The van der Waals surface area contributed by atoms with E-state index in [9.17, 15) is 4.79 Å². The number of rotatable bonds is 0. The van der Waals surface area contributed by atoms with E-state index >= 15 is 0 Å². The highest BCUT2D eigenvalue weighted by atomic mass is 16.1. The van der Waals surface area contributed by atoms with E-state index in [0.29, 0.717) is 11.7 Å². The summed E-state index contributed by atoms with van der Waals surface area (Å²) in [6.07, 6.45) is 8.02. The number of carbonyl (C=O) groups is 1. The van der Waals surface area contributed by atoms with Crippen molar-refractivity contribution in [2.45, 2.75) is 51.9 Å². The molecule has 0 bridgehead atoms. The molecule has 13 heavy (non-hydrogen) atoms. The normalized spacial score (nSPS) is 35.5. The van der Waals surface area contributed by atoms with Crippen LogP contribution in [0.25, 0.3) is 0 Å². The van der Waals surface area contributed by atoms with Crippen LogP contribution in [0.15, 0.2) is 11.1 Å². The summed E-state index contributed by atoms with van der Waals surface area (Å²) in [5.41, 5.74) is 2.72. The zero-order valence-corrected chi connectivity index (χ0v) is 8.44. The summed E-state index contributed by atoms with van der Waals surface area (Å²) < 4.78 is 0. The maximum absolute atomic E-state index is 11.7. The SMILES string of the molecule is CC1CCCC1=C1CCCCC1=O. The first-order chi connectivity index (χ1) is 6.29. The summed E-state index contributed by atoms with van der Waals surface area (Å²) >= 11 is 0. The Hall–Kier alpha value is -0.590. The Bertz CT molecular complexity index is 250. The highest BCUT2D eigenvalue weighted by Crippen LogP contribution is 2.36. The Labute approximate surface area is 80.2 Å². The number of carbonyl (C=O) groups excluding carboxylic acids is 1. The van der Waals surface area contributed by atoms with Gasteiger partial charge in [0.1, 0.15) is 0 Å². The molecule has 1 heteroatoms. The second-order valence-corrected chi connectivity index (χ2v) is 4.43. The first-order valence-electron chi connectivity index (χ1n) is 5.54. The van der Waals surface area contributed by atoms with E-state index in [-0.39, 0.29) is 0 Å². The number of hydrogen-bond acceptors (Lipinski definition) is 1. The fourth-order valence-corrected chi connectivity index (χ4v) is 2.68. The molecule has 2 rings (SSSR count). The lowest BCUT2D eigenvalue weighted by molar-refractivity contribution is -0.116. The van der Waals surface area contributed by atoms with Gasteiger partial charge in [-0.15, -0.1) is 0 Å². The summed E-state index contributed by atoms with van der Waals surface area (Å²) in [5.74, 6) is 1.15. The second kappa shape index (κ2) is 3.65. The first-order valence-corrected chi connectivity index (χ1v) is 5.54. The predicted molar refractivity (Wildman–Crippen MR) is 53.5 cm³/mol. The Morgan fingerprint density at radius 3 is 2.46 bits per heavy atom. The van der Waals surface area contributed by atoms with Crippen LogP contribution in [0, 0.1) is 5.92 Å². The molecule has 0 saturated heterocycles. The van der Waals surface area contributed by atoms with E-state index in [1.165, 1.54) is 36.8 Å². The first kappa shape index (κ1) is 8.98. The van der Waals surface area contributed by atoms with Gasteiger partial charge in [-0.25, -0.2) is 0 Å². The highest BCUT2D eigenvalue weighted by molar-refractivity contribution is 5.96. The van der Waals surface area contributed by atoms with Crippen molar-refractivity contribution in [3.8, 4) is 0 Å². The van der Waals surface area contributed by atoms with Crippen LogP contribution in [0.4, 0.5) is 0 Å². The average Bonchev–Trinajstić information content (AvgIpc) is 2.52. The molecule has 2 saturated carbocycles. The molecule has 0 heterocycles. The zero-order valence-electron chi connectivity index (χ0n) is 8.44. The third-order valence-electron chi connectivity index (χ3n) is 3.48. The summed E-state index contributed by atoms with van der Waals surface area (Å²) in [5, 5.41) is 0. The van der Waals surface area contributed by atoms with Crippen LogP contribution in [0.5, 0.6) is 0 Å². The van der Waals surface area contributed by atoms with Crippen molar-refractivity contribution in [1.82, 2.24) is 0 Å². The second-order valence-electron chi connectivity index (χ2n) is 4.43. The molecule has 0 aromatic rings. The molecule has 72 valence electrons. The molecule has 0 spiro atoms. The lowest BCUT2D eigenvalue weighted by Gasteiger charge is -2.17. The van der Waals surface area contributed by atoms with Crippen molar-refractivity contribution in [3.63, 3.8) is 0 Å². The smallest absolute Gasteiger partial charge is 0.158 e. The van der Waals surface area contributed by atoms with Crippen molar-refractivity contribution < 1.29 is 4.79 Å². The van der Waals surface area contributed by atoms with Crippen LogP contribution >= 0.6 is 0 Å². The van der Waals surface area contributed by atoms with Gasteiger partial charge in [-0.2, -0.15) is 0 Å². The fraction of sp³-hybridized carbons (Fsp3) is 0.750. The van der Waals surface area contributed by atoms with E-state index < -0.39 is 0 Å². The monoisotopic (exact) mass is 178 g/mol. The number of hydrogen-bond donors (Lipinski definition) is 0. The molecule has 0 amide bonds. The minimum absolute atomic E-state index is 0.454. The van der Waals surface area contributed by atoms with Gasteiger partial charge in [-0.3, -0.25) is 4.79 Å². The van der Waals surface area contributed by atoms with Crippen LogP contribution in [-0.4, -0.2) is 5.78 Å². The van der Waals surface area contributed by atoms with Crippen molar-refractivity contribution in [2.24, 2.45) is 5.92 Å². The van der Waals surface area contributed by atoms with E-state index in [2.05, 4.69) is 6.92 Å². The Kier molecular flexibility index (Phi) is 2.52. The van der Waals surface area contributed by atoms with Crippen molar-refractivity contribution >= 4 is 5.78 Å². The summed E-state index contributed by atoms with van der Waals surface area (Å²) in [4.78, 5) is 11.7. The van der Waals surface area contributed by atoms with Crippen LogP contribution in [-0.2, 0) is 4.79 Å². The molecule has 0 aromatic carbocycles. The highest BCUT2D eigenvalue weighted by Gasteiger charge is 2.25. The Morgan fingerprint density at radius 2 is 1.85 bits per heavy atom. The van der Waals surface area contributed by atoms with Gasteiger partial charge in [0, 0.05) is 6.42 Å². The lowest BCUT2D eigenvalue weighted by atomic mass is 9.87. The Balaban J connectivity index is 2.24. The van der Waals surface area contributed by atoms with Gasteiger partial charge >= 0.3 is 0 Å². The summed E-state index contributed by atoms with van der Waals surface area (Å²) in [6.45, 7) is 2.28. The van der Waals surface area contributed by atoms with Crippen molar-refractivity contribution in [1.29, 1.82) is 0 Å². The topological polar surface area (TPSA) is 17.1 Å². The number of ketones is 1. The molecular formula is C12H18O. The molecule has 1 nitrogen and oxygen atoms in total. The van der Waals surface area contributed by atoms with Crippen LogP contribution in [0.2, 0.25) is 0 Å². The molecule has 2 fully saturated rings. The largest absolute Gasteiger partial charge is 0.295 e. The quantitative estimate of drug-likeness (QED) is 0.520. The molecule has 0 radical (unpaired) electrons. The van der Waals surface area contributed by atoms with Crippen molar-refractivity contribution in [2.75, 3.05) is 0 Å². The minimum atomic E-state index is 0.454.